The van der Waals surface area contributed by atoms with Crippen molar-refractivity contribution in [1.82, 2.24) is 5.32 Å². The Hall–Kier alpha value is 0.778. The molecule has 0 rings (SSSR count). The molecule has 0 heterocycles. The van der Waals surface area contributed by atoms with Gasteiger partial charge in [0, 0.05) is 24.4 Å². The Morgan fingerprint density at radius 2 is 1.25 bits per heavy atom. The van der Waals surface area contributed by atoms with Gasteiger partial charge < -0.3 is 5.32 Å². The molecule has 1 N–H and O–H groups in total. The van der Waals surface area contributed by atoms with Crippen LogP contribution in [0.15, 0.2) is 0 Å². The molecule has 0 bridgehead atoms. The van der Waals surface area contributed by atoms with Gasteiger partial charge in [0.1, 0.15) is 0 Å². The molecule has 0 aliphatic carbocycles. The van der Waals surface area contributed by atoms with Gasteiger partial charge in [0.15, 0.2) is 0 Å². The fourth-order valence-electron chi connectivity index (χ4n) is 0. The second kappa shape index (κ2) is 9.22. The molecule has 0 saturated carbocycles. The average Bonchev–Trinajstić information content (AvgIpc) is 0.918. The summed E-state index contributed by atoms with van der Waals surface area (Å²) in [6.07, 6.45) is 0. The van der Waals surface area contributed by atoms with Crippen molar-refractivity contribution in [2.24, 2.45) is 0 Å². The summed E-state index contributed by atoms with van der Waals surface area (Å²) in [7, 11) is 3.75. The van der Waals surface area contributed by atoms with E-state index in [9.17, 15) is 0 Å². The van der Waals surface area contributed by atoms with E-state index in [1.54, 1.807) is 0 Å². The SMILES string of the molecule is CNC.[Sb]. The third-order valence-electron chi connectivity index (χ3n) is 0. The smallest absolute Gasteiger partial charge is 0 e. The van der Waals surface area contributed by atoms with Gasteiger partial charge in [0.05, 0.1) is 0 Å². The maximum Gasteiger partial charge on any atom is 0 e. The Morgan fingerprint density at radius 3 is 1.25 bits per heavy atom. The predicted molar refractivity (Wildman–Crippen MR) is 20.7 cm³/mol. The van der Waals surface area contributed by atoms with E-state index in [1.165, 1.54) is 0 Å². The van der Waals surface area contributed by atoms with E-state index >= 15 is 0 Å². The van der Waals surface area contributed by atoms with Crippen LogP contribution in [0.2, 0.25) is 0 Å². The summed E-state index contributed by atoms with van der Waals surface area (Å²) in [5.74, 6) is 0. The number of hydrogen-bond donors (Lipinski definition) is 1. The largest absolute Gasteiger partial charge is 0.323 e. The minimum atomic E-state index is 0. The van der Waals surface area contributed by atoms with E-state index in [2.05, 4.69) is 5.32 Å². The quantitative estimate of drug-likeness (QED) is 0.477. The summed E-state index contributed by atoms with van der Waals surface area (Å²) in [5.41, 5.74) is 0. The summed E-state index contributed by atoms with van der Waals surface area (Å²) < 4.78 is 0. The van der Waals surface area contributed by atoms with Crippen LogP contribution in [0.25, 0.3) is 0 Å². The zero-order chi connectivity index (χ0) is 2.71. The van der Waals surface area contributed by atoms with E-state index < -0.39 is 0 Å². The zero-order valence-corrected chi connectivity index (χ0v) is 5.50. The number of rotatable bonds is 0. The molecule has 1 nitrogen and oxygen atoms in total. The number of nitrogens with one attached hydrogen (secondary N) is 1. The molecule has 0 aliphatic rings. The molecule has 0 fully saturated rings. The Bertz CT molecular complexity index is 6.00. The molecular weight excluding hydrogens is 160 g/mol. The van der Waals surface area contributed by atoms with Gasteiger partial charge in [-0.1, -0.05) is 0 Å². The maximum atomic E-state index is 2.75. The molecule has 0 aromatic rings. The predicted octanol–water partition coefficient (Wildman–Crippen LogP) is -0.545. The molecule has 25 valence electrons. The molecule has 2 heteroatoms. The molecule has 0 amide bonds. The van der Waals surface area contributed by atoms with E-state index in [1.807, 2.05) is 14.1 Å². The summed E-state index contributed by atoms with van der Waals surface area (Å²) >= 11 is 0. The summed E-state index contributed by atoms with van der Waals surface area (Å²) in [6, 6.07) is 0. The van der Waals surface area contributed by atoms with Crippen LogP contribution in [-0.2, 0) is 0 Å². The van der Waals surface area contributed by atoms with Gasteiger partial charge in [-0.2, -0.15) is 0 Å². The molecule has 3 radical (unpaired) electrons. The van der Waals surface area contributed by atoms with Crippen LogP contribution < -0.4 is 5.32 Å². The van der Waals surface area contributed by atoms with Crippen molar-refractivity contribution >= 4 is 24.4 Å². The minimum Gasteiger partial charge on any atom is -0.323 e. The Labute approximate surface area is 44.2 Å². The molecule has 0 saturated heterocycles. The van der Waals surface area contributed by atoms with E-state index in [0.29, 0.717) is 0 Å². The fraction of sp³-hybridized carbons (Fsp3) is 1.00. The minimum absolute atomic E-state index is 0. The third-order valence-corrected chi connectivity index (χ3v) is 0. The van der Waals surface area contributed by atoms with Crippen LogP contribution >= 0.6 is 0 Å². The van der Waals surface area contributed by atoms with E-state index in [-0.39, 0.29) is 24.4 Å². The first-order valence-corrected chi connectivity index (χ1v) is 1.00. The van der Waals surface area contributed by atoms with E-state index in [0.717, 1.165) is 0 Å². The first-order chi connectivity index (χ1) is 1.41. The first-order valence-electron chi connectivity index (χ1n) is 1.00. The van der Waals surface area contributed by atoms with E-state index in [4.69, 9.17) is 0 Å². The van der Waals surface area contributed by atoms with Crippen molar-refractivity contribution in [1.29, 1.82) is 0 Å². The summed E-state index contributed by atoms with van der Waals surface area (Å²) in [6.45, 7) is 0. The third kappa shape index (κ3) is 14.5. The molecule has 4 heavy (non-hydrogen) atoms. The van der Waals surface area contributed by atoms with Gasteiger partial charge in [-0.3, -0.25) is 0 Å². The average molecular weight is 167 g/mol. The van der Waals surface area contributed by atoms with Crippen LogP contribution in [0.3, 0.4) is 0 Å². The van der Waals surface area contributed by atoms with Crippen molar-refractivity contribution < 1.29 is 0 Å². The second-order valence-corrected chi connectivity index (χ2v) is 0.500. The van der Waals surface area contributed by atoms with Gasteiger partial charge in [-0.05, 0) is 14.1 Å². The zero-order valence-electron chi connectivity index (χ0n) is 2.95. The van der Waals surface area contributed by atoms with Crippen molar-refractivity contribution in [3.05, 3.63) is 0 Å². The van der Waals surface area contributed by atoms with Gasteiger partial charge in [-0.25, -0.2) is 0 Å². The van der Waals surface area contributed by atoms with Crippen LogP contribution in [-0.4, -0.2) is 38.5 Å². The number of hydrogen-bond acceptors (Lipinski definition) is 1. The first kappa shape index (κ1) is 8.84. The van der Waals surface area contributed by atoms with Crippen molar-refractivity contribution in [3.63, 3.8) is 0 Å². The normalized spacial score (nSPS) is 4.50. The molecule has 0 unspecified atom stereocenters. The monoisotopic (exact) mass is 166 g/mol. The van der Waals surface area contributed by atoms with Crippen LogP contribution in [0.4, 0.5) is 0 Å². The molecule has 0 atom stereocenters. The molecule has 0 spiro atoms. The molecular formula is C2H7NSb. The van der Waals surface area contributed by atoms with Gasteiger partial charge >= 0.3 is 0 Å². The molecule has 0 aromatic heterocycles. The van der Waals surface area contributed by atoms with Crippen molar-refractivity contribution in [3.8, 4) is 0 Å². The second-order valence-electron chi connectivity index (χ2n) is 0.500. The van der Waals surface area contributed by atoms with Crippen LogP contribution in [0.5, 0.6) is 0 Å². The Morgan fingerprint density at radius 1 is 1.25 bits per heavy atom. The summed E-state index contributed by atoms with van der Waals surface area (Å²) in [4.78, 5) is 0. The van der Waals surface area contributed by atoms with Gasteiger partial charge in [0.25, 0.3) is 0 Å². The van der Waals surface area contributed by atoms with Crippen molar-refractivity contribution in [2.75, 3.05) is 14.1 Å². The van der Waals surface area contributed by atoms with Crippen molar-refractivity contribution in [2.45, 2.75) is 0 Å². The Balaban J connectivity index is 0. The summed E-state index contributed by atoms with van der Waals surface area (Å²) in [5, 5.41) is 2.75. The van der Waals surface area contributed by atoms with Crippen LogP contribution in [0.1, 0.15) is 0 Å². The van der Waals surface area contributed by atoms with Gasteiger partial charge in [-0.15, -0.1) is 0 Å². The Kier molecular flexibility index (Phi) is 20.4. The van der Waals surface area contributed by atoms with Gasteiger partial charge in [0.2, 0.25) is 0 Å². The standard InChI is InChI=1S/C2H7N.Sb/c1-3-2;/h3H,1-2H3;. The van der Waals surface area contributed by atoms with Crippen LogP contribution in [0, 0.1) is 0 Å². The maximum absolute atomic E-state index is 2.75. The molecule has 0 aromatic carbocycles. The topological polar surface area (TPSA) is 12.0 Å². The fourth-order valence-corrected chi connectivity index (χ4v) is 0. The molecule has 0 aliphatic heterocycles.